The fraction of sp³-hybridized carbons (Fsp3) is 0.233. The zero-order valence-corrected chi connectivity index (χ0v) is 22.8. The molecule has 2 amide bonds. The quantitative estimate of drug-likeness (QED) is 0.182. The number of allylic oxidation sites excluding steroid dienone is 1. The van der Waals surface area contributed by atoms with E-state index < -0.39 is 5.92 Å². The summed E-state index contributed by atoms with van der Waals surface area (Å²) >= 11 is 3.45. The van der Waals surface area contributed by atoms with Crippen LogP contribution in [0.5, 0.6) is 11.5 Å². The second-order valence-corrected chi connectivity index (χ2v) is 9.74. The Morgan fingerprint density at radius 1 is 1.16 bits per heavy atom. The lowest BCUT2D eigenvalue weighted by Gasteiger charge is -2.17. The van der Waals surface area contributed by atoms with Crippen molar-refractivity contribution in [3.05, 3.63) is 101 Å². The fourth-order valence-corrected chi connectivity index (χ4v) is 4.49. The van der Waals surface area contributed by atoms with E-state index in [0.717, 1.165) is 26.9 Å². The molecule has 1 aliphatic rings. The molecule has 0 aromatic heterocycles. The molecule has 3 aromatic carbocycles. The van der Waals surface area contributed by atoms with Gasteiger partial charge in [0.2, 0.25) is 11.8 Å². The number of hydrogen-bond donors (Lipinski definition) is 1. The number of nitrogens with one attached hydrogen (secondary N) is 1. The molecule has 1 saturated heterocycles. The summed E-state index contributed by atoms with van der Waals surface area (Å²) < 4.78 is 13.1. The van der Waals surface area contributed by atoms with Gasteiger partial charge in [-0.05, 0) is 60.9 Å². The van der Waals surface area contributed by atoms with Crippen LogP contribution in [0.25, 0.3) is 0 Å². The molecule has 1 N–H and O–H groups in total. The third-order valence-electron chi connectivity index (χ3n) is 6.07. The van der Waals surface area contributed by atoms with Gasteiger partial charge >= 0.3 is 0 Å². The van der Waals surface area contributed by atoms with Crippen LogP contribution in [0.15, 0.2) is 89.0 Å². The molecule has 1 atom stereocenters. The highest BCUT2D eigenvalue weighted by molar-refractivity contribution is 9.10. The van der Waals surface area contributed by atoms with Crippen LogP contribution in [0.4, 0.5) is 5.69 Å². The van der Waals surface area contributed by atoms with E-state index in [-0.39, 0.29) is 18.2 Å². The highest BCUT2D eigenvalue weighted by atomic mass is 79.9. The molecule has 0 saturated carbocycles. The van der Waals surface area contributed by atoms with E-state index in [1.807, 2.05) is 73.7 Å². The van der Waals surface area contributed by atoms with Gasteiger partial charge in [-0.15, -0.1) is 6.58 Å². The van der Waals surface area contributed by atoms with Crippen molar-refractivity contribution >= 4 is 39.6 Å². The number of hydrogen-bond acceptors (Lipinski definition) is 5. The molecule has 1 aliphatic heterocycles. The van der Waals surface area contributed by atoms with Crippen LogP contribution in [0, 0.1) is 5.92 Å². The minimum Gasteiger partial charge on any atom is -0.490 e. The van der Waals surface area contributed by atoms with Gasteiger partial charge in [0.05, 0.1) is 18.7 Å². The van der Waals surface area contributed by atoms with Crippen molar-refractivity contribution in [2.75, 3.05) is 18.1 Å². The molecular weight excluding hydrogens is 546 g/mol. The molecule has 0 spiro atoms. The Morgan fingerprint density at radius 2 is 1.92 bits per heavy atom. The van der Waals surface area contributed by atoms with Crippen molar-refractivity contribution in [3.63, 3.8) is 0 Å². The van der Waals surface area contributed by atoms with Crippen LogP contribution in [0.3, 0.4) is 0 Å². The summed E-state index contributed by atoms with van der Waals surface area (Å²) in [5.41, 5.74) is 6.06. The number of carbonyl (C=O) groups is 2. The lowest BCUT2D eigenvalue weighted by Crippen LogP contribution is -2.30. The Labute approximate surface area is 231 Å². The summed E-state index contributed by atoms with van der Waals surface area (Å²) in [4.78, 5) is 26.8. The van der Waals surface area contributed by atoms with Gasteiger partial charge in [0.15, 0.2) is 11.5 Å². The first-order chi connectivity index (χ1) is 18.5. The first-order valence-corrected chi connectivity index (χ1v) is 13.2. The van der Waals surface area contributed by atoms with Crippen LogP contribution in [0.1, 0.15) is 30.0 Å². The SMILES string of the molecule is C=CCc1cc(/C=N\NC(=O)[C@@H]2CC(=O)N(c3ccccc3)C2)cc(OCC)c1OCc1ccc(Br)cc1. The van der Waals surface area contributed by atoms with E-state index in [2.05, 4.69) is 33.0 Å². The van der Waals surface area contributed by atoms with Crippen LogP contribution >= 0.6 is 15.9 Å². The molecule has 7 nitrogen and oxygen atoms in total. The molecule has 0 unspecified atom stereocenters. The Kier molecular flexibility index (Phi) is 9.32. The Hall–Kier alpha value is -3.91. The van der Waals surface area contributed by atoms with Gasteiger partial charge < -0.3 is 14.4 Å². The molecule has 4 rings (SSSR count). The molecule has 0 bridgehead atoms. The van der Waals surface area contributed by atoms with E-state index in [1.54, 1.807) is 17.2 Å². The first kappa shape index (κ1) is 27.1. The van der Waals surface area contributed by atoms with Crippen molar-refractivity contribution in [1.82, 2.24) is 5.43 Å². The van der Waals surface area contributed by atoms with Crippen molar-refractivity contribution in [2.45, 2.75) is 26.4 Å². The van der Waals surface area contributed by atoms with E-state index >= 15 is 0 Å². The summed E-state index contributed by atoms with van der Waals surface area (Å²) in [6, 6.07) is 21.1. The zero-order chi connectivity index (χ0) is 26.9. The number of halogens is 1. The normalized spacial score (nSPS) is 15.1. The Morgan fingerprint density at radius 3 is 2.63 bits per heavy atom. The summed E-state index contributed by atoms with van der Waals surface area (Å²) in [6.07, 6.45) is 4.09. The predicted octanol–water partition coefficient (Wildman–Crippen LogP) is 5.66. The minimum atomic E-state index is -0.468. The number of amides is 2. The standard InChI is InChI=1S/C30H30BrN3O4/c1-3-8-23-15-22(16-27(37-4-2)29(23)38-20-21-11-13-25(31)14-12-21)18-32-33-30(36)24-17-28(35)34(19-24)26-9-6-5-7-10-26/h3,5-7,9-16,18,24H,1,4,8,17,19-20H2,2H3,(H,33,36)/b32-18-/t24-/m1/s1. The van der Waals surface area contributed by atoms with Crippen molar-refractivity contribution < 1.29 is 19.1 Å². The number of carbonyl (C=O) groups excluding carboxylic acids is 2. The second-order valence-electron chi connectivity index (χ2n) is 8.82. The van der Waals surface area contributed by atoms with E-state index in [0.29, 0.717) is 37.7 Å². The van der Waals surface area contributed by atoms with Gasteiger partial charge in [-0.2, -0.15) is 5.10 Å². The van der Waals surface area contributed by atoms with Gasteiger partial charge in [-0.3, -0.25) is 9.59 Å². The third-order valence-corrected chi connectivity index (χ3v) is 6.60. The maximum Gasteiger partial charge on any atom is 0.245 e. The van der Waals surface area contributed by atoms with E-state index in [1.165, 1.54) is 0 Å². The molecule has 8 heteroatoms. The number of ether oxygens (including phenoxy) is 2. The van der Waals surface area contributed by atoms with Gasteiger partial charge in [0.25, 0.3) is 0 Å². The maximum atomic E-state index is 12.7. The Balaban J connectivity index is 1.45. The maximum absolute atomic E-state index is 12.7. The lowest BCUT2D eigenvalue weighted by atomic mass is 10.1. The molecule has 3 aromatic rings. The lowest BCUT2D eigenvalue weighted by molar-refractivity contribution is -0.126. The van der Waals surface area contributed by atoms with Crippen molar-refractivity contribution in [2.24, 2.45) is 11.0 Å². The summed E-state index contributed by atoms with van der Waals surface area (Å²) in [5, 5.41) is 4.16. The summed E-state index contributed by atoms with van der Waals surface area (Å²) in [5.74, 6) is 0.413. The van der Waals surface area contributed by atoms with Gasteiger partial charge in [-0.1, -0.05) is 52.3 Å². The highest BCUT2D eigenvalue weighted by Crippen LogP contribution is 2.34. The summed E-state index contributed by atoms with van der Waals surface area (Å²) in [6.45, 7) is 6.96. The van der Waals surface area contributed by atoms with E-state index in [4.69, 9.17) is 9.47 Å². The smallest absolute Gasteiger partial charge is 0.245 e. The number of rotatable bonds is 11. The Bertz CT molecular complexity index is 1310. The monoisotopic (exact) mass is 575 g/mol. The predicted molar refractivity (Wildman–Crippen MR) is 153 cm³/mol. The van der Waals surface area contributed by atoms with Crippen LogP contribution < -0.4 is 19.8 Å². The van der Waals surface area contributed by atoms with Crippen molar-refractivity contribution in [3.8, 4) is 11.5 Å². The number of benzene rings is 3. The van der Waals surface area contributed by atoms with Gasteiger partial charge in [0.1, 0.15) is 6.61 Å². The summed E-state index contributed by atoms with van der Waals surface area (Å²) in [7, 11) is 0. The molecule has 196 valence electrons. The van der Waals surface area contributed by atoms with Crippen LogP contribution in [-0.2, 0) is 22.6 Å². The average molecular weight is 576 g/mol. The molecular formula is C30H30BrN3O4. The second kappa shape index (κ2) is 13.1. The van der Waals surface area contributed by atoms with Gasteiger partial charge in [0, 0.05) is 28.7 Å². The molecule has 1 heterocycles. The van der Waals surface area contributed by atoms with Crippen LogP contribution in [-0.4, -0.2) is 31.2 Å². The molecule has 1 fully saturated rings. The molecule has 0 radical (unpaired) electrons. The average Bonchev–Trinajstić information content (AvgIpc) is 3.32. The largest absolute Gasteiger partial charge is 0.490 e. The molecule has 38 heavy (non-hydrogen) atoms. The fourth-order valence-electron chi connectivity index (χ4n) is 4.23. The van der Waals surface area contributed by atoms with Gasteiger partial charge in [-0.25, -0.2) is 5.43 Å². The highest BCUT2D eigenvalue weighted by Gasteiger charge is 2.35. The number of para-hydroxylation sites is 1. The topological polar surface area (TPSA) is 80.2 Å². The molecule has 0 aliphatic carbocycles. The van der Waals surface area contributed by atoms with Crippen molar-refractivity contribution in [1.29, 1.82) is 0 Å². The van der Waals surface area contributed by atoms with E-state index in [9.17, 15) is 9.59 Å². The number of anilines is 1. The zero-order valence-electron chi connectivity index (χ0n) is 21.2. The first-order valence-electron chi connectivity index (χ1n) is 12.4. The number of hydrazone groups is 1. The number of nitrogens with zero attached hydrogens (tertiary/aromatic N) is 2. The minimum absolute atomic E-state index is 0.0746. The van der Waals surface area contributed by atoms with Crippen LogP contribution in [0.2, 0.25) is 0 Å². The third kappa shape index (κ3) is 6.89.